The van der Waals surface area contributed by atoms with E-state index in [9.17, 15) is 5.11 Å². The Kier molecular flexibility index (Phi) is 4.59. The van der Waals surface area contributed by atoms with Gasteiger partial charge >= 0.3 is 0 Å². The maximum absolute atomic E-state index is 9.61. The van der Waals surface area contributed by atoms with E-state index in [1.165, 1.54) is 0 Å². The zero-order valence-corrected chi connectivity index (χ0v) is 9.36. The van der Waals surface area contributed by atoms with Crippen LogP contribution in [0.5, 0.6) is 5.75 Å². The number of benzene rings is 1. The molecule has 3 heteroatoms. The van der Waals surface area contributed by atoms with E-state index in [2.05, 4.69) is 0 Å². The van der Waals surface area contributed by atoms with Gasteiger partial charge < -0.3 is 15.6 Å². The van der Waals surface area contributed by atoms with E-state index in [0.29, 0.717) is 25.4 Å². The quantitative estimate of drug-likeness (QED) is 0.777. The van der Waals surface area contributed by atoms with Crippen LogP contribution in [0.2, 0.25) is 0 Å². The molecule has 1 atom stereocenters. The Morgan fingerprint density at radius 2 is 2.20 bits per heavy atom. The third-order valence-electron chi connectivity index (χ3n) is 2.16. The summed E-state index contributed by atoms with van der Waals surface area (Å²) in [6.07, 6.45) is 0.686. The summed E-state index contributed by atoms with van der Waals surface area (Å²) in [5.74, 6) is 0.313. The predicted octanol–water partition coefficient (Wildman–Crippen LogP) is 1.82. The largest absolute Gasteiger partial charge is 0.508 e. The van der Waals surface area contributed by atoms with Gasteiger partial charge in [-0.15, -0.1) is 0 Å². The third-order valence-corrected chi connectivity index (χ3v) is 2.16. The standard InChI is InChI=1S/C12H19NO2/c1-3-15-8-10-4-5-12(14)11(7-10)6-9(2)13/h4-5,7,9,14H,3,6,8,13H2,1-2H3. The van der Waals surface area contributed by atoms with Crippen molar-refractivity contribution in [1.29, 1.82) is 0 Å². The van der Waals surface area contributed by atoms with Gasteiger partial charge in [0.05, 0.1) is 6.61 Å². The molecule has 3 N–H and O–H groups in total. The molecule has 15 heavy (non-hydrogen) atoms. The molecular weight excluding hydrogens is 190 g/mol. The Hall–Kier alpha value is -1.06. The second kappa shape index (κ2) is 5.73. The molecule has 1 rings (SSSR count). The molecule has 0 heterocycles. The number of rotatable bonds is 5. The van der Waals surface area contributed by atoms with E-state index in [-0.39, 0.29) is 6.04 Å². The van der Waals surface area contributed by atoms with Gasteiger partial charge in [-0.05, 0) is 43.5 Å². The smallest absolute Gasteiger partial charge is 0.118 e. The topological polar surface area (TPSA) is 55.5 Å². The lowest BCUT2D eigenvalue weighted by atomic mass is 10.0. The number of nitrogens with two attached hydrogens (primary N) is 1. The van der Waals surface area contributed by atoms with Crippen molar-refractivity contribution >= 4 is 0 Å². The summed E-state index contributed by atoms with van der Waals surface area (Å²) in [6.45, 7) is 5.17. The zero-order chi connectivity index (χ0) is 11.3. The first kappa shape index (κ1) is 12.0. The molecule has 0 saturated carbocycles. The highest BCUT2D eigenvalue weighted by Crippen LogP contribution is 2.20. The van der Waals surface area contributed by atoms with Crippen molar-refractivity contribution in [3.63, 3.8) is 0 Å². The minimum atomic E-state index is 0.0539. The van der Waals surface area contributed by atoms with Gasteiger partial charge in [-0.2, -0.15) is 0 Å². The number of ether oxygens (including phenoxy) is 1. The average molecular weight is 209 g/mol. The lowest BCUT2D eigenvalue weighted by molar-refractivity contribution is 0.134. The van der Waals surface area contributed by atoms with Crippen LogP contribution in [0.3, 0.4) is 0 Å². The molecule has 84 valence electrons. The molecule has 0 bridgehead atoms. The van der Waals surface area contributed by atoms with E-state index in [1.54, 1.807) is 6.07 Å². The normalized spacial score (nSPS) is 12.7. The van der Waals surface area contributed by atoms with Gasteiger partial charge in [0.2, 0.25) is 0 Å². The van der Waals surface area contributed by atoms with Gasteiger partial charge in [-0.3, -0.25) is 0 Å². The van der Waals surface area contributed by atoms with Crippen LogP contribution < -0.4 is 5.73 Å². The van der Waals surface area contributed by atoms with Crippen LogP contribution >= 0.6 is 0 Å². The number of hydrogen-bond acceptors (Lipinski definition) is 3. The van der Waals surface area contributed by atoms with Crippen LogP contribution in [0.1, 0.15) is 25.0 Å². The van der Waals surface area contributed by atoms with Crippen molar-refractivity contribution < 1.29 is 9.84 Å². The van der Waals surface area contributed by atoms with Crippen molar-refractivity contribution in [2.75, 3.05) is 6.61 Å². The molecule has 0 aliphatic heterocycles. The molecule has 0 aromatic heterocycles. The Bertz CT molecular complexity index is 310. The lowest BCUT2D eigenvalue weighted by Crippen LogP contribution is -2.17. The first-order chi connectivity index (χ1) is 7.13. The van der Waals surface area contributed by atoms with Gasteiger partial charge in [-0.25, -0.2) is 0 Å². The van der Waals surface area contributed by atoms with Crippen molar-refractivity contribution in [2.24, 2.45) is 5.73 Å². The molecular formula is C12H19NO2. The Balaban J connectivity index is 2.75. The summed E-state index contributed by atoms with van der Waals surface area (Å²) in [5.41, 5.74) is 7.67. The molecule has 0 radical (unpaired) electrons. The first-order valence-electron chi connectivity index (χ1n) is 5.27. The molecule has 3 nitrogen and oxygen atoms in total. The molecule has 0 fully saturated rings. The van der Waals surface area contributed by atoms with E-state index in [0.717, 1.165) is 11.1 Å². The molecule has 0 aliphatic rings. The lowest BCUT2D eigenvalue weighted by Gasteiger charge is -2.10. The third kappa shape index (κ3) is 3.90. The van der Waals surface area contributed by atoms with Gasteiger partial charge in [-0.1, -0.05) is 6.07 Å². The Morgan fingerprint density at radius 3 is 2.80 bits per heavy atom. The second-order valence-electron chi connectivity index (χ2n) is 3.78. The fraction of sp³-hybridized carbons (Fsp3) is 0.500. The number of aromatic hydroxyl groups is 1. The van der Waals surface area contributed by atoms with Crippen LogP contribution in [0, 0.1) is 0 Å². The molecule has 0 amide bonds. The van der Waals surface area contributed by atoms with Crippen LogP contribution in [-0.2, 0) is 17.8 Å². The number of phenolic OH excluding ortho intramolecular Hbond substituents is 1. The van der Waals surface area contributed by atoms with E-state index < -0.39 is 0 Å². The summed E-state index contributed by atoms with van der Waals surface area (Å²) in [6, 6.07) is 5.58. The minimum absolute atomic E-state index is 0.0539. The first-order valence-corrected chi connectivity index (χ1v) is 5.27. The number of phenols is 1. The zero-order valence-electron chi connectivity index (χ0n) is 9.36. The van der Waals surface area contributed by atoms with Crippen LogP contribution in [0.4, 0.5) is 0 Å². The SMILES string of the molecule is CCOCc1ccc(O)c(CC(C)N)c1. The van der Waals surface area contributed by atoms with E-state index in [1.807, 2.05) is 26.0 Å². The molecule has 1 aromatic carbocycles. The summed E-state index contributed by atoms with van der Waals surface area (Å²) in [5, 5.41) is 9.61. The molecule has 1 unspecified atom stereocenters. The van der Waals surface area contributed by atoms with Crippen molar-refractivity contribution in [2.45, 2.75) is 32.9 Å². The molecule has 0 spiro atoms. The highest BCUT2D eigenvalue weighted by Gasteiger charge is 2.05. The fourth-order valence-electron chi connectivity index (χ4n) is 1.46. The van der Waals surface area contributed by atoms with Crippen molar-refractivity contribution in [1.82, 2.24) is 0 Å². The summed E-state index contributed by atoms with van der Waals surface area (Å²) in [4.78, 5) is 0. The van der Waals surface area contributed by atoms with Gasteiger partial charge in [0.15, 0.2) is 0 Å². The van der Waals surface area contributed by atoms with Crippen LogP contribution in [0.15, 0.2) is 18.2 Å². The van der Waals surface area contributed by atoms with Crippen LogP contribution in [0.25, 0.3) is 0 Å². The van der Waals surface area contributed by atoms with E-state index >= 15 is 0 Å². The average Bonchev–Trinajstić information content (AvgIpc) is 2.18. The molecule has 1 aromatic rings. The van der Waals surface area contributed by atoms with Crippen molar-refractivity contribution in [3.8, 4) is 5.75 Å². The summed E-state index contributed by atoms with van der Waals surface area (Å²) < 4.78 is 5.31. The number of hydrogen-bond donors (Lipinski definition) is 2. The predicted molar refractivity (Wildman–Crippen MR) is 60.8 cm³/mol. The second-order valence-corrected chi connectivity index (χ2v) is 3.78. The summed E-state index contributed by atoms with van der Waals surface area (Å²) >= 11 is 0. The fourth-order valence-corrected chi connectivity index (χ4v) is 1.46. The Labute approximate surface area is 90.9 Å². The maximum Gasteiger partial charge on any atom is 0.118 e. The van der Waals surface area contributed by atoms with Crippen molar-refractivity contribution in [3.05, 3.63) is 29.3 Å². The Morgan fingerprint density at radius 1 is 1.47 bits per heavy atom. The molecule has 0 saturated heterocycles. The highest BCUT2D eigenvalue weighted by atomic mass is 16.5. The molecule has 0 aliphatic carbocycles. The minimum Gasteiger partial charge on any atom is -0.508 e. The van der Waals surface area contributed by atoms with Crippen LogP contribution in [-0.4, -0.2) is 17.8 Å². The van der Waals surface area contributed by atoms with Gasteiger partial charge in [0.25, 0.3) is 0 Å². The summed E-state index contributed by atoms with van der Waals surface area (Å²) in [7, 11) is 0. The monoisotopic (exact) mass is 209 g/mol. The van der Waals surface area contributed by atoms with Gasteiger partial charge in [0.1, 0.15) is 5.75 Å². The maximum atomic E-state index is 9.61. The van der Waals surface area contributed by atoms with Gasteiger partial charge in [0, 0.05) is 12.6 Å². The highest BCUT2D eigenvalue weighted by molar-refractivity contribution is 5.36. The van der Waals surface area contributed by atoms with E-state index in [4.69, 9.17) is 10.5 Å².